The molecule has 0 saturated carbocycles. The van der Waals surface area contributed by atoms with Gasteiger partial charge in [-0.2, -0.15) is 0 Å². The number of benzene rings is 2. The van der Waals surface area contributed by atoms with Gasteiger partial charge in [0.05, 0.1) is 11.7 Å². The molecule has 1 unspecified atom stereocenters. The van der Waals surface area contributed by atoms with Gasteiger partial charge in [0.15, 0.2) is 0 Å². The van der Waals surface area contributed by atoms with Gasteiger partial charge in [0.25, 0.3) is 0 Å². The highest BCUT2D eigenvalue weighted by molar-refractivity contribution is 14.1. The summed E-state index contributed by atoms with van der Waals surface area (Å²) in [5.41, 5.74) is 6.02. The SMILES string of the molecule is Cc1cc(-c2ccnc(N3CC(OI)[C@H](N(C)C)C3)c2)c(O)c(-c2ccc(-n3ccn(C)c3=O)c(C)c2)c1. The Morgan fingerprint density at radius 2 is 1.74 bits per heavy atom. The number of aromatic hydroxyl groups is 1. The lowest BCUT2D eigenvalue weighted by Crippen LogP contribution is -2.38. The smallest absolute Gasteiger partial charge is 0.332 e. The fraction of sp³-hybridized carbons (Fsp3) is 0.310. The van der Waals surface area contributed by atoms with E-state index in [4.69, 9.17) is 3.07 Å². The second-order valence-electron chi connectivity index (χ2n) is 10.2. The van der Waals surface area contributed by atoms with E-state index in [1.54, 1.807) is 34.8 Å². The predicted octanol–water partition coefficient (Wildman–Crippen LogP) is 4.71. The van der Waals surface area contributed by atoms with Crippen molar-refractivity contribution in [1.82, 2.24) is 19.0 Å². The molecule has 8 nitrogen and oxygen atoms in total. The molecule has 0 spiro atoms. The monoisotopic (exact) mass is 625 g/mol. The maximum Gasteiger partial charge on any atom is 0.332 e. The topological polar surface area (TPSA) is 75.8 Å². The van der Waals surface area contributed by atoms with Crippen molar-refractivity contribution in [3.63, 3.8) is 0 Å². The molecule has 0 aliphatic carbocycles. The summed E-state index contributed by atoms with van der Waals surface area (Å²) in [5, 5.41) is 11.5. The highest BCUT2D eigenvalue weighted by atomic mass is 127. The summed E-state index contributed by atoms with van der Waals surface area (Å²) < 4.78 is 8.88. The van der Waals surface area contributed by atoms with Crippen molar-refractivity contribution >= 4 is 28.8 Å². The maximum atomic E-state index is 12.5. The number of hydrogen-bond acceptors (Lipinski definition) is 6. The average molecular weight is 626 g/mol. The van der Waals surface area contributed by atoms with Crippen LogP contribution in [0, 0.1) is 13.8 Å². The van der Waals surface area contributed by atoms with Crippen LogP contribution in [0.15, 0.2) is 65.8 Å². The molecule has 1 aliphatic heterocycles. The summed E-state index contributed by atoms with van der Waals surface area (Å²) in [5.74, 6) is 1.08. The first-order valence-electron chi connectivity index (χ1n) is 12.5. The van der Waals surface area contributed by atoms with Crippen LogP contribution in [0.1, 0.15) is 11.1 Å². The number of phenols is 1. The second kappa shape index (κ2) is 10.5. The molecule has 1 fully saturated rings. The Hall–Kier alpha value is -3.15. The van der Waals surface area contributed by atoms with Crippen LogP contribution in [0.2, 0.25) is 0 Å². The van der Waals surface area contributed by atoms with Crippen LogP contribution < -0.4 is 10.6 Å². The summed E-state index contributed by atoms with van der Waals surface area (Å²) in [4.78, 5) is 21.5. The van der Waals surface area contributed by atoms with Crippen LogP contribution in [0.25, 0.3) is 27.9 Å². The standard InChI is InChI=1S/C29H32IN5O3/c1-18-12-22(20-6-7-24(19(2)14-20)35-11-10-33(5)29(35)37)28(36)23(13-18)21-8-9-31-27(15-21)34-16-25(32(3)4)26(17-34)38-30/h6-15,25-26,36H,16-17H2,1-5H3/t25-,26?/m1/s1. The Morgan fingerprint density at radius 3 is 2.32 bits per heavy atom. The molecule has 4 aromatic rings. The van der Waals surface area contributed by atoms with Crippen molar-refractivity contribution in [2.75, 3.05) is 32.1 Å². The normalized spacial score (nSPS) is 17.5. The molecule has 2 atom stereocenters. The first-order chi connectivity index (χ1) is 18.2. The fourth-order valence-electron chi connectivity index (χ4n) is 5.25. The number of hydrogen-bond donors (Lipinski definition) is 1. The van der Waals surface area contributed by atoms with Crippen LogP contribution >= 0.6 is 23.0 Å². The first kappa shape index (κ1) is 26.5. The quantitative estimate of drug-likeness (QED) is 0.313. The van der Waals surface area contributed by atoms with E-state index in [1.807, 2.05) is 79.3 Å². The molecule has 2 aromatic carbocycles. The number of aromatic nitrogens is 3. The molecule has 0 bridgehead atoms. The molecule has 2 aromatic heterocycles. The molecule has 198 valence electrons. The fourth-order valence-corrected chi connectivity index (χ4v) is 5.75. The Kier molecular flexibility index (Phi) is 7.34. The summed E-state index contributed by atoms with van der Waals surface area (Å²) in [6, 6.07) is 14.1. The molecule has 0 amide bonds. The molecule has 1 aliphatic rings. The lowest BCUT2D eigenvalue weighted by Gasteiger charge is -2.23. The average Bonchev–Trinajstić information content (AvgIpc) is 3.49. The second-order valence-corrected chi connectivity index (χ2v) is 10.7. The Morgan fingerprint density at radius 1 is 1.03 bits per heavy atom. The largest absolute Gasteiger partial charge is 0.507 e. The number of pyridine rings is 1. The Bertz CT molecular complexity index is 1540. The summed E-state index contributed by atoms with van der Waals surface area (Å²) in [6.45, 7) is 5.58. The number of rotatable bonds is 6. The van der Waals surface area contributed by atoms with Crippen LogP contribution in [0.5, 0.6) is 5.75 Å². The first-order valence-corrected chi connectivity index (χ1v) is 13.4. The third-order valence-corrected chi connectivity index (χ3v) is 8.02. The molecule has 38 heavy (non-hydrogen) atoms. The number of imidazole rings is 1. The molecular weight excluding hydrogens is 593 g/mol. The van der Waals surface area contributed by atoms with Gasteiger partial charge in [0, 0.05) is 49.9 Å². The molecule has 0 radical (unpaired) electrons. The zero-order valence-electron chi connectivity index (χ0n) is 22.2. The predicted molar refractivity (Wildman–Crippen MR) is 159 cm³/mol. The number of aryl methyl sites for hydroxylation is 3. The minimum atomic E-state index is -0.0960. The van der Waals surface area contributed by atoms with E-state index >= 15 is 0 Å². The third kappa shape index (κ3) is 4.85. The van der Waals surface area contributed by atoms with Gasteiger partial charge in [-0.25, -0.2) is 9.78 Å². The van der Waals surface area contributed by atoms with Crippen molar-refractivity contribution in [2.24, 2.45) is 7.05 Å². The van der Waals surface area contributed by atoms with Crippen molar-refractivity contribution in [3.05, 3.63) is 82.7 Å². The number of likely N-dealkylation sites (N-methyl/N-ethyl adjacent to an activating group) is 1. The minimum Gasteiger partial charge on any atom is -0.507 e. The van der Waals surface area contributed by atoms with E-state index in [2.05, 4.69) is 28.9 Å². The van der Waals surface area contributed by atoms with Gasteiger partial charge in [0.2, 0.25) is 0 Å². The zero-order chi connectivity index (χ0) is 27.1. The van der Waals surface area contributed by atoms with E-state index in [0.29, 0.717) is 0 Å². The summed E-state index contributed by atoms with van der Waals surface area (Å²) in [7, 11) is 5.87. The molecule has 5 rings (SSSR count). The molecular formula is C29H32IN5O3. The van der Waals surface area contributed by atoms with Crippen molar-refractivity contribution in [3.8, 4) is 33.7 Å². The number of phenolic OH excluding ortho intramolecular Hbond substituents is 1. The van der Waals surface area contributed by atoms with Gasteiger partial charge in [-0.05, 0) is 86.6 Å². The van der Waals surface area contributed by atoms with Crippen LogP contribution in [-0.2, 0) is 10.1 Å². The lowest BCUT2D eigenvalue weighted by molar-refractivity contribution is 0.179. The van der Waals surface area contributed by atoms with Crippen molar-refractivity contribution in [2.45, 2.75) is 26.0 Å². The van der Waals surface area contributed by atoms with E-state index in [9.17, 15) is 9.90 Å². The van der Waals surface area contributed by atoms with Gasteiger partial charge in [-0.1, -0.05) is 6.07 Å². The van der Waals surface area contributed by atoms with Gasteiger partial charge >= 0.3 is 5.69 Å². The van der Waals surface area contributed by atoms with Gasteiger partial charge in [-0.3, -0.25) is 4.57 Å². The van der Waals surface area contributed by atoms with Crippen molar-refractivity contribution < 1.29 is 8.17 Å². The maximum absolute atomic E-state index is 12.5. The van der Waals surface area contributed by atoms with E-state index in [1.165, 1.54) is 0 Å². The third-order valence-electron chi connectivity index (χ3n) is 7.36. The van der Waals surface area contributed by atoms with Gasteiger partial charge < -0.3 is 22.5 Å². The van der Waals surface area contributed by atoms with Crippen LogP contribution in [0.4, 0.5) is 5.82 Å². The highest BCUT2D eigenvalue weighted by Gasteiger charge is 2.35. The summed E-state index contributed by atoms with van der Waals surface area (Å²) in [6.07, 6.45) is 5.40. The lowest BCUT2D eigenvalue weighted by atomic mass is 9.94. The van der Waals surface area contributed by atoms with Gasteiger partial charge in [0.1, 0.15) is 40.7 Å². The minimum absolute atomic E-state index is 0.0907. The van der Waals surface area contributed by atoms with Gasteiger partial charge in [-0.15, -0.1) is 0 Å². The number of halogens is 1. The highest BCUT2D eigenvalue weighted by Crippen LogP contribution is 2.40. The van der Waals surface area contributed by atoms with Crippen molar-refractivity contribution in [1.29, 1.82) is 0 Å². The zero-order valence-corrected chi connectivity index (χ0v) is 24.4. The van der Waals surface area contributed by atoms with E-state index < -0.39 is 0 Å². The number of nitrogens with zero attached hydrogens (tertiary/aromatic N) is 5. The Labute approximate surface area is 236 Å². The molecule has 9 heteroatoms. The number of anilines is 1. The van der Waals surface area contributed by atoms with E-state index in [-0.39, 0.29) is 23.6 Å². The molecule has 3 heterocycles. The van der Waals surface area contributed by atoms with E-state index in [0.717, 1.165) is 58.0 Å². The van der Waals surface area contributed by atoms with Crippen LogP contribution in [0.3, 0.4) is 0 Å². The Balaban J connectivity index is 1.51. The molecule has 1 saturated heterocycles. The van der Waals surface area contributed by atoms with Crippen LogP contribution in [-0.4, -0.2) is 63.5 Å². The summed E-state index contributed by atoms with van der Waals surface area (Å²) >= 11 is 1.99. The molecule has 1 N–H and O–H groups in total.